The van der Waals surface area contributed by atoms with E-state index in [9.17, 15) is 9.59 Å². The molecule has 0 unspecified atom stereocenters. The number of hydrogen-bond donors (Lipinski definition) is 2. The molecule has 2 aromatic rings. The van der Waals surface area contributed by atoms with Crippen LogP contribution >= 0.6 is 22.7 Å². The second kappa shape index (κ2) is 5.99. The number of carbonyl (C=O) groups excluding carboxylic acids is 2. The van der Waals surface area contributed by atoms with Crippen molar-refractivity contribution >= 4 is 39.5 Å². The van der Waals surface area contributed by atoms with Gasteiger partial charge < -0.3 is 10.6 Å². The molecule has 2 amide bonds. The molecule has 4 nitrogen and oxygen atoms in total. The molecule has 2 heterocycles. The Bertz CT molecular complexity index is 644. The maximum absolute atomic E-state index is 12.2. The number of amides is 2. The van der Waals surface area contributed by atoms with E-state index in [0.29, 0.717) is 4.88 Å². The zero-order valence-corrected chi connectivity index (χ0v) is 13.2. The Morgan fingerprint density at radius 3 is 2.76 bits per heavy atom. The minimum absolute atomic E-state index is 0.0101. The van der Waals surface area contributed by atoms with Gasteiger partial charge in [0.15, 0.2) is 0 Å². The maximum atomic E-state index is 12.2. The normalized spacial score (nSPS) is 15.5. The molecule has 1 atom stereocenters. The van der Waals surface area contributed by atoms with E-state index in [2.05, 4.69) is 10.6 Å². The van der Waals surface area contributed by atoms with Gasteiger partial charge in [0.25, 0.3) is 5.91 Å². The number of nitrogens with one attached hydrogen (secondary N) is 2. The van der Waals surface area contributed by atoms with E-state index >= 15 is 0 Å². The maximum Gasteiger partial charge on any atom is 0.261 e. The zero-order chi connectivity index (χ0) is 14.8. The summed E-state index contributed by atoms with van der Waals surface area (Å²) in [6.07, 6.45) is 1.95. The SMILES string of the molecule is C[C@H](NC(=O)c1ccc(NC(=O)C2CC2)s1)c1cccs1. The van der Waals surface area contributed by atoms with Gasteiger partial charge in [-0.1, -0.05) is 6.07 Å². The first-order valence-corrected chi connectivity index (χ1v) is 8.58. The van der Waals surface area contributed by atoms with Gasteiger partial charge in [0.05, 0.1) is 15.9 Å². The van der Waals surface area contributed by atoms with Crippen molar-refractivity contribution in [3.63, 3.8) is 0 Å². The summed E-state index contributed by atoms with van der Waals surface area (Å²) in [5.41, 5.74) is 0. The van der Waals surface area contributed by atoms with Crippen LogP contribution in [-0.2, 0) is 4.79 Å². The van der Waals surface area contributed by atoms with E-state index in [0.717, 1.165) is 22.7 Å². The molecule has 0 bridgehead atoms. The van der Waals surface area contributed by atoms with Gasteiger partial charge in [0.1, 0.15) is 0 Å². The van der Waals surface area contributed by atoms with Crippen LogP contribution in [0, 0.1) is 5.92 Å². The van der Waals surface area contributed by atoms with E-state index in [1.165, 1.54) is 11.3 Å². The third-order valence-electron chi connectivity index (χ3n) is 3.34. The van der Waals surface area contributed by atoms with Crippen LogP contribution < -0.4 is 10.6 Å². The molecule has 1 aliphatic carbocycles. The lowest BCUT2D eigenvalue weighted by Gasteiger charge is -2.10. The fourth-order valence-electron chi connectivity index (χ4n) is 1.97. The molecule has 3 rings (SSSR count). The van der Waals surface area contributed by atoms with Crippen LogP contribution in [0.1, 0.15) is 40.4 Å². The first-order chi connectivity index (χ1) is 10.1. The van der Waals surface area contributed by atoms with Crippen molar-refractivity contribution in [2.24, 2.45) is 5.92 Å². The second-order valence-corrected chi connectivity index (χ2v) is 7.20. The Labute approximate surface area is 131 Å². The number of carbonyl (C=O) groups is 2. The molecular weight excluding hydrogens is 304 g/mol. The van der Waals surface area contributed by atoms with E-state index in [1.54, 1.807) is 23.5 Å². The summed E-state index contributed by atoms with van der Waals surface area (Å²) in [5.74, 6) is 0.131. The molecule has 0 radical (unpaired) electrons. The highest BCUT2D eigenvalue weighted by Crippen LogP contribution is 2.31. The van der Waals surface area contributed by atoms with Crippen molar-refractivity contribution in [2.75, 3.05) is 5.32 Å². The highest BCUT2D eigenvalue weighted by Gasteiger charge is 2.29. The van der Waals surface area contributed by atoms with Crippen LogP contribution in [0.2, 0.25) is 0 Å². The number of thiophene rings is 2. The predicted molar refractivity (Wildman–Crippen MR) is 85.9 cm³/mol. The molecular formula is C15H16N2O2S2. The highest BCUT2D eigenvalue weighted by atomic mass is 32.1. The van der Waals surface area contributed by atoms with Crippen LogP contribution in [0.15, 0.2) is 29.6 Å². The van der Waals surface area contributed by atoms with Gasteiger partial charge in [-0.25, -0.2) is 0 Å². The quantitative estimate of drug-likeness (QED) is 0.883. The lowest BCUT2D eigenvalue weighted by molar-refractivity contribution is -0.117. The lowest BCUT2D eigenvalue weighted by Crippen LogP contribution is -2.25. The molecule has 21 heavy (non-hydrogen) atoms. The summed E-state index contributed by atoms with van der Waals surface area (Å²) >= 11 is 2.94. The minimum atomic E-state index is -0.104. The molecule has 0 aliphatic heterocycles. The summed E-state index contributed by atoms with van der Waals surface area (Å²) < 4.78 is 0. The van der Waals surface area contributed by atoms with Gasteiger partial charge in [-0.15, -0.1) is 22.7 Å². The molecule has 0 aromatic carbocycles. The molecule has 0 saturated heterocycles. The molecule has 1 aliphatic rings. The standard InChI is InChI=1S/C15H16N2O2S2/c1-9(11-3-2-8-20-11)16-15(19)12-6-7-13(21-12)17-14(18)10-4-5-10/h2-3,6-10H,4-5H2,1H3,(H,16,19)(H,17,18)/t9-/m0/s1. The summed E-state index contributed by atoms with van der Waals surface area (Å²) in [6, 6.07) is 7.51. The third-order valence-corrected chi connectivity index (χ3v) is 5.40. The Morgan fingerprint density at radius 2 is 2.10 bits per heavy atom. The van der Waals surface area contributed by atoms with Crippen LogP contribution in [0.25, 0.3) is 0 Å². The molecule has 1 saturated carbocycles. The van der Waals surface area contributed by atoms with Crippen molar-refractivity contribution in [3.8, 4) is 0 Å². The van der Waals surface area contributed by atoms with Crippen LogP contribution in [0.3, 0.4) is 0 Å². The van der Waals surface area contributed by atoms with Gasteiger partial charge in [0, 0.05) is 10.8 Å². The van der Waals surface area contributed by atoms with Crippen LogP contribution in [0.4, 0.5) is 5.00 Å². The Kier molecular flexibility index (Phi) is 4.07. The fraction of sp³-hybridized carbons (Fsp3) is 0.333. The Hall–Kier alpha value is -1.66. The topological polar surface area (TPSA) is 58.2 Å². The molecule has 0 spiro atoms. The van der Waals surface area contributed by atoms with E-state index < -0.39 is 0 Å². The summed E-state index contributed by atoms with van der Waals surface area (Å²) in [5, 5.41) is 8.56. The summed E-state index contributed by atoms with van der Waals surface area (Å²) in [4.78, 5) is 25.6. The summed E-state index contributed by atoms with van der Waals surface area (Å²) in [6.45, 7) is 1.97. The first kappa shape index (κ1) is 14.3. The Morgan fingerprint density at radius 1 is 1.29 bits per heavy atom. The van der Waals surface area contributed by atoms with Gasteiger partial charge in [-0.2, -0.15) is 0 Å². The zero-order valence-electron chi connectivity index (χ0n) is 11.6. The van der Waals surface area contributed by atoms with Crippen molar-refractivity contribution in [1.29, 1.82) is 0 Å². The van der Waals surface area contributed by atoms with Crippen molar-refractivity contribution in [3.05, 3.63) is 39.4 Å². The van der Waals surface area contributed by atoms with Gasteiger partial charge in [-0.3, -0.25) is 9.59 Å². The largest absolute Gasteiger partial charge is 0.344 e. The second-order valence-electron chi connectivity index (χ2n) is 5.14. The van der Waals surface area contributed by atoms with E-state index in [-0.39, 0.29) is 23.8 Å². The molecule has 110 valence electrons. The van der Waals surface area contributed by atoms with E-state index in [1.807, 2.05) is 24.4 Å². The fourth-order valence-corrected chi connectivity index (χ4v) is 3.52. The monoisotopic (exact) mass is 320 g/mol. The van der Waals surface area contributed by atoms with Crippen LogP contribution in [-0.4, -0.2) is 11.8 Å². The number of hydrogen-bond acceptors (Lipinski definition) is 4. The molecule has 2 N–H and O–H groups in total. The smallest absolute Gasteiger partial charge is 0.261 e. The van der Waals surface area contributed by atoms with Gasteiger partial charge in [-0.05, 0) is 43.3 Å². The van der Waals surface area contributed by atoms with E-state index in [4.69, 9.17) is 0 Å². The number of anilines is 1. The lowest BCUT2D eigenvalue weighted by atomic mass is 10.2. The average molecular weight is 320 g/mol. The Balaban J connectivity index is 1.59. The van der Waals surface area contributed by atoms with Crippen molar-refractivity contribution < 1.29 is 9.59 Å². The van der Waals surface area contributed by atoms with Gasteiger partial charge in [0.2, 0.25) is 5.91 Å². The molecule has 1 fully saturated rings. The first-order valence-electron chi connectivity index (χ1n) is 6.88. The van der Waals surface area contributed by atoms with Gasteiger partial charge >= 0.3 is 0 Å². The minimum Gasteiger partial charge on any atom is -0.344 e. The van der Waals surface area contributed by atoms with Crippen molar-refractivity contribution in [1.82, 2.24) is 5.32 Å². The molecule has 6 heteroatoms. The van der Waals surface area contributed by atoms with Crippen molar-refractivity contribution in [2.45, 2.75) is 25.8 Å². The summed E-state index contributed by atoms with van der Waals surface area (Å²) in [7, 11) is 0. The predicted octanol–water partition coefficient (Wildman–Crippen LogP) is 3.65. The number of rotatable bonds is 5. The average Bonchev–Trinajstić information content (AvgIpc) is 2.99. The molecule has 2 aromatic heterocycles. The van der Waals surface area contributed by atoms with Crippen LogP contribution in [0.5, 0.6) is 0 Å². The third kappa shape index (κ3) is 3.51. The highest BCUT2D eigenvalue weighted by molar-refractivity contribution is 7.18.